The molecule has 0 radical (unpaired) electrons. The summed E-state index contributed by atoms with van der Waals surface area (Å²) in [5, 5.41) is 19.6. The molecule has 0 aliphatic heterocycles. The summed E-state index contributed by atoms with van der Waals surface area (Å²) >= 11 is 0. The molecule has 0 atom stereocenters. The summed E-state index contributed by atoms with van der Waals surface area (Å²) in [5.41, 5.74) is 1.56. The van der Waals surface area contributed by atoms with Crippen LogP contribution < -0.4 is 5.32 Å². The lowest BCUT2D eigenvalue weighted by molar-refractivity contribution is -0.137. The molecule has 2 aromatic heterocycles. The van der Waals surface area contributed by atoms with E-state index in [-0.39, 0.29) is 25.3 Å². The maximum Gasteiger partial charge on any atom is 0.305 e. The van der Waals surface area contributed by atoms with Crippen LogP contribution in [0.1, 0.15) is 28.0 Å². The van der Waals surface area contributed by atoms with Crippen LogP contribution in [0.4, 0.5) is 10.2 Å². The summed E-state index contributed by atoms with van der Waals surface area (Å²) < 4.78 is 16.8. The number of anilines is 1. The largest absolute Gasteiger partial charge is 0.481 e. The van der Waals surface area contributed by atoms with Crippen molar-refractivity contribution in [2.24, 2.45) is 0 Å². The molecule has 8 nitrogen and oxygen atoms in total. The van der Waals surface area contributed by atoms with Gasteiger partial charge in [0.25, 0.3) is 5.91 Å². The van der Waals surface area contributed by atoms with Gasteiger partial charge in [0.05, 0.1) is 31.3 Å². The highest BCUT2D eigenvalue weighted by Gasteiger charge is 2.13. The van der Waals surface area contributed by atoms with E-state index in [1.54, 1.807) is 28.9 Å². The molecule has 0 fully saturated rings. The number of benzene rings is 1. The minimum Gasteiger partial charge on any atom is -0.481 e. The molecule has 0 aliphatic carbocycles. The molecule has 0 aliphatic rings. The van der Waals surface area contributed by atoms with E-state index in [1.807, 2.05) is 6.92 Å². The Kier molecular flexibility index (Phi) is 5.30. The highest BCUT2D eigenvalue weighted by Crippen LogP contribution is 2.14. The molecule has 27 heavy (non-hydrogen) atoms. The van der Waals surface area contributed by atoms with Gasteiger partial charge in [0.1, 0.15) is 5.82 Å². The number of hydrogen-bond acceptors (Lipinski definition) is 4. The summed E-state index contributed by atoms with van der Waals surface area (Å²) in [7, 11) is 0. The van der Waals surface area contributed by atoms with Crippen LogP contribution in [-0.4, -0.2) is 36.5 Å². The van der Waals surface area contributed by atoms with E-state index in [9.17, 15) is 14.0 Å². The first-order valence-electron chi connectivity index (χ1n) is 8.26. The molecule has 1 aromatic carbocycles. The Bertz CT molecular complexity index is 979. The minimum absolute atomic E-state index is 0.0810. The maximum atomic E-state index is 13.8. The molecular weight excluding hydrogens is 353 g/mol. The van der Waals surface area contributed by atoms with Crippen molar-refractivity contribution >= 4 is 17.7 Å². The Labute approximate surface area is 154 Å². The summed E-state index contributed by atoms with van der Waals surface area (Å²) in [5.74, 6) is -1.32. The van der Waals surface area contributed by atoms with Gasteiger partial charge >= 0.3 is 5.97 Å². The van der Waals surface area contributed by atoms with Gasteiger partial charge in [-0.05, 0) is 13.0 Å². The number of rotatable bonds is 7. The Morgan fingerprint density at radius 3 is 2.81 bits per heavy atom. The van der Waals surface area contributed by atoms with E-state index >= 15 is 0 Å². The van der Waals surface area contributed by atoms with Crippen molar-refractivity contribution in [1.29, 1.82) is 0 Å². The molecule has 0 unspecified atom stereocenters. The van der Waals surface area contributed by atoms with Gasteiger partial charge in [-0.3, -0.25) is 19.0 Å². The van der Waals surface area contributed by atoms with Crippen LogP contribution in [0.15, 0.2) is 42.7 Å². The molecule has 2 N–H and O–H groups in total. The first-order valence-corrected chi connectivity index (χ1v) is 8.26. The fraction of sp³-hybridized carbons (Fsp3) is 0.222. The average molecular weight is 371 g/mol. The third-order valence-electron chi connectivity index (χ3n) is 3.95. The van der Waals surface area contributed by atoms with Gasteiger partial charge in [0, 0.05) is 23.5 Å². The number of carbonyl (C=O) groups is 2. The lowest BCUT2D eigenvalue weighted by atomic mass is 10.2. The molecule has 0 spiro atoms. The number of aromatic nitrogens is 4. The second kappa shape index (κ2) is 7.81. The predicted octanol–water partition coefficient (Wildman–Crippen LogP) is 2.30. The molecule has 0 bridgehead atoms. The molecule has 2 heterocycles. The number of hydrogen-bond donors (Lipinski definition) is 2. The number of carbonyl (C=O) groups excluding carboxylic acids is 1. The van der Waals surface area contributed by atoms with Crippen LogP contribution in [0, 0.1) is 12.7 Å². The molecule has 3 rings (SSSR count). The second-order valence-electron chi connectivity index (χ2n) is 6.01. The zero-order valence-corrected chi connectivity index (χ0v) is 14.6. The number of carboxylic acids is 1. The van der Waals surface area contributed by atoms with Gasteiger partial charge in [-0.15, -0.1) is 0 Å². The van der Waals surface area contributed by atoms with Crippen LogP contribution in [0.25, 0.3) is 0 Å². The smallest absolute Gasteiger partial charge is 0.305 e. The van der Waals surface area contributed by atoms with Crippen molar-refractivity contribution in [3.63, 3.8) is 0 Å². The van der Waals surface area contributed by atoms with Crippen molar-refractivity contribution in [2.45, 2.75) is 26.4 Å². The molecule has 9 heteroatoms. The SMILES string of the molecule is Cc1cc(NC(=O)c2cnn(CCC(=O)O)c2)nn1Cc1ccccc1F. The van der Waals surface area contributed by atoms with Gasteiger partial charge < -0.3 is 10.4 Å². The Balaban J connectivity index is 1.67. The number of nitrogens with zero attached hydrogens (tertiary/aromatic N) is 4. The van der Waals surface area contributed by atoms with Crippen LogP contribution >= 0.6 is 0 Å². The molecule has 0 saturated heterocycles. The van der Waals surface area contributed by atoms with Crippen molar-refractivity contribution in [3.8, 4) is 0 Å². The van der Waals surface area contributed by atoms with Gasteiger partial charge in [0.2, 0.25) is 0 Å². The maximum absolute atomic E-state index is 13.8. The number of carboxylic acid groups (broad SMARTS) is 1. The third kappa shape index (κ3) is 4.57. The molecule has 0 saturated carbocycles. The minimum atomic E-state index is -0.938. The number of amides is 1. The zero-order chi connectivity index (χ0) is 19.4. The van der Waals surface area contributed by atoms with E-state index < -0.39 is 11.9 Å². The first kappa shape index (κ1) is 18.3. The lowest BCUT2D eigenvalue weighted by Crippen LogP contribution is -2.12. The number of aliphatic carboxylic acids is 1. The quantitative estimate of drug-likeness (QED) is 0.663. The van der Waals surface area contributed by atoms with E-state index in [1.165, 1.54) is 23.1 Å². The predicted molar refractivity (Wildman–Crippen MR) is 94.9 cm³/mol. The number of nitrogens with one attached hydrogen (secondary N) is 1. The zero-order valence-electron chi connectivity index (χ0n) is 14.6. The average Bonchev–Trinajstić information content (AvgIpc) is 3.22. The van der Waals surface area contributed by atoms with Gasteiger partial charge in [-0.25, -0.2) is 4.39 Å². The number of halogens is 1. The van der Waals surface area contributed by atoms with Crippen LogP contribution in [0.3, 0.4) is 0 Å². The molecule has 1 amide bonds. The van der Waals surface area contributed by atoms with Crippen LogP contribution in [0.5, 0.6) is 0 Å². The topological polar surface area (TPSA) is 102 Å². The molecular formula is C18H18FN5O3. The van der Waals surface area contributed by atoms with Crippen molar-refractivity contribution in [1.82, 2.24) is 19.6 Å². The first-order chi connectivity index (χ1) is 12.9. The van der Waals surface area contributed by atoms with Crippen molar-refractivity contribution in [2.75, 3.05) is 5.32 Å². The van der Waals surface area contributed by atoms with Gasteiger partial charge in [-0.2, -0.15) is 10.2 Å². The summed E-state index contributed by atoms with van der Waals surface area (Å²) in [6.45, 7) is 2.24. The monoisotopic (exact) mass is 371 g/mol. The highest BCUT2D eigenvalue weighted by atomic mass is 19.1. The van der Waals surface area contributed by atoms with E-state index in [0.717, 1.165) is 5.69 Å². The Morgan fingerprint density at radius 2 is 2.07 bits per heavy atom. The summed E-state index contributed by atoms with van der Waals surface area (Å²) in [4.78, 5) is 22.9. The summed E-state index contributed by atoms with van der Waals surface area (Å²) in [6, 6.07) is 8.13. The molecule has 3 aromatic rings. The fourth-order valence-electron chi connectivity index (χ4n) is 2.52. The van der Waals surface area contributed by atoms with Crippen LogP contribution in [-0.2, 0) is 17.9 Å². The number of aryl methyl sites for hydroxylation is 2. The normalized spacial score (nSPS) is 10.7. The van der Waals surface area contributed by atoms with Gasteiger partial charge in [-0.1, -0.05) is 18.2 Å². The Hall–Kier alpha value is -3.49. The van der Waals surface area contributed by atoms with E-state index in [2.05, 4.69) is 15.5 Å². The fourth-order valence-corrected chi connectivity index (χ4v) is 2.52. The van der Waals surface area contributed by atoms with E-state index in [4.69, 9.17) is 5.11 Å². The van der Waals surface area contributed by atoms with Crippen molar-refractivity contribution in [3.05, 3.63) is 65.4 Å². The Morgan fingerprint density at radius 1 is 1.30 bits per heavy atom. The van der Waals surface area contributed by atoms with Crippen LogP contribution in [0.2, 0.25) is 0 Å². The third-order valence-corrected chi connectivity index (χ3v) is 3.95. The highest BCUT2D eigenvalue weighted by molar-refractivity contribution is 6.03. The second-order valence-corrected chi connectivity index (χ2v) is 6.01. The standard InChI is InChI=1S/C18H18FN5O3/c1-12-8-16(22-24(12)11-13-4-2-3-5-15(13)19)21-18(27)14-9-20-23(10-14)7-6-17(25)26/h2-5,8-10H,6-7,11H2,1H3,(H,25,26)(H,21,22,27). The lowest BCUT2D eigenvalue weighted by Gasteiger charge is -2.05. The van der Waals surface area contributed by atoms with Crippen molar-refractivity contribution < 1.29 is 19.1 Å². The molecule has 140 valence electrons. The van der Waals surface area contributed by atoms with Gasteiger partial charge in [0.15, 0.2) is 5.82 Å². The van der Waals surface area contributed by atoms with E-state index in [0.29, 0.717) is 16.9 Å². The summed E-state index contributed by atoms with van der Waals surface area (Å²) in [6.07, 6.45) is 2.75.